The number of carbonyl (C=O) groups excluding carboxylic acids is 2. The summed E-state index contributed by atoms with van der Waals surface area (Å²) in [6, 6.07) is 5.36. The lowest BCUT2D eigenvalue weighted by Crippen LogP contribution is -2.21. The number of thiophene rings is 1. The lowest BCUT2D eigenvalue weighted by atomic mass is 10.2. The minimum absolute atomic E-state index is 0.234. The van der Waals surface area contributed by atoms with Crippen molar-refractivity contribution in [1.29, 1.82) is 0 Å². The van der Waals surface area contributed by atoms with Crippen LogP contribution in [0.15, 0.2) is 29.3 Å². The molecule has 0 atom stereocenters. The summed E-state index contributed by atoms with van der Waals surface area (Å²) in [4.78, 5) is 41.7. The predicted octanol–water partition coefficient (Wildman–Crippen LogP) is 2.42. The highest BCUT2D eigenvalue weighted by molar-refractivity contribution is 7.20. The molecule has 146 valence electrons. The molecule has 0 aliphatic heterocycles. The Morgan fingerprint density at radius 2 is 2.04 bits per heavy atom. The number of hydrogen-bond acceptors (Lipinski definition) is 7. The standard InChI is InChI=1S/C19H19N3O5S/c1-10-5-6-13(26-4)12(7-10)21-14(23)8-27-19(25)16-11(2)15-17(28-16)20-9-22(3)18(15)24/h5-7,9H,8H2,1-4H3,(H,21,23). The number of esters is 1. The van der Waals surface area contributed by atoms with Crippen molar-refractivity contribution in [3.8, 4) is 5.75 Å². The van der Waals surface area contributed by atoms with E-state index in [1.165, 1.54) is 18.0 Å². The fourth-order valence-corrected chi connectivity index (χ4v) is 3.74. The lowest BCUT2D eigenvalue weighted by molar-refractivity contribution is -0.119. The summed E-state index contributed by atoms with van der Waals surface area (Å²) in [7, 11) is 3.09. The minimum atomic E-state index is -0.672. The summed E-state index contributed by atoms with van der Waals surface area (Å²) < 4.78 is 11.7. The number of benzene rings is 1. The van der Waals surface area contributed by atoms with Gasteiger partial charge >= 0.3 is 5.97 Å². The minimum Gasteiger partial charge on any atom is -0.495 e. The molecule has 0 saturated carbocycles. The molecule has 3 rings (SSSR count). The van der Waals surface area contributed by atoms with Gasteiger partial charge in [0.15, 0.2) is 6.61 Å². The third-order valence-corrected chi connectivity index (χ3v) is 5.34. The van der Waals surface area contributed by atoms with E-state index in [2.05, 4.69) is 10.3 Å². The van der Waals surface area contributed by atoms with Gasteiger partial charge in [0.25, 0.3) is 11.5 Å². The number of rotatable bonds is 5. The van der Waals surface area contributed by atoms with Crippen LogP contribution in [0.1, 0.15) is 20.8 Å². The predicted molar refractivity (Wildman–Crippen MR) is 106 cm³/mol. The fourth-order valence-electron chi connectivity index (χ4n) is 2.71. The summed E-state index contributed by atoms with van der Waals surface area (Å²) in [5.41, 5.74) is 1.71. The Bertz CT molecular complexity index is 1130. The Labute approximate surface area is 164 Å². The molecule has 8 nitrogen and oxygen atoms in total. The summed E-state index contributed by atoms with van der Waals surface area (Å²) in [5.74, 6) is -0.661. The Morgan fingerprint density at radius 3 is 2.75 bits per heavy atom. The maximum absolute atomic E-state index is 12.4. The first-order chi connectivity index (χ1) is 13.3. The Kier molecular flexibility index (Phi) is 5.46. The summed E-state index contributed by atoms with van der Waals surface area (Å²) in [5, 5.41) is 3.05. The van der Waals surface area contributed by atoms with Crippen molar-refractivity contribution in [2.24, 2.45) is 7.05 Å². The van der Waals surface area contributed by atoms with Gasteiger partial charge in [-0.1, -0.05) is 6.07 Å². The number of carbonyl (C=O) groups is 2. The van der Waals surface area contributed by atoms with Gasteiger partial charge in [-0.2, -0.15) is 0 Å². The quantitative estimate of drug-likeness (QED) is 0.659. The maximum Gasteiger partial charge on any atom is 0.349 e. The Hall–Kier alpha value is -3.20. The van der Waals surface area contributed by atoms with Crippen LogP contribution in [0.5, 0.6) is 5.75 Å². The largest absolute Gasteiger partial charge is 0.495 e. The van der Waals surface area contributed by atoms with Crippen molar-refractivity contribution in [1.82, 2.24) is 9.55 Å². The van der Waals surface area contributed by atoms with Gasteiger partial charge in [-0.3, -0.25) is 9.59 Å². The van der Waals surface area contributed by atoms with Crippen LogP contribution in [-0.2, 0) is 16.6 Å². The second-order valence-electron chi connectivity index (χ2n) is 6.23. The topological polar surface area (TPSA) is 99.5 Å². The molecule has 0 aliphatic carbocycles. The summed E-state index contributed by atoms with van der Waals surface area (Å²) >= 11 is 1.07. The highest BCUT2D eigenvalue weighted by Crippen LogP contribution is 2.28. The van der Waals surface area contributed by atoms with Gasteiger partial charge in [-0.25, -0.2) is 9.78 Å². The molecular formula is C19H19N3O5S. The normalized spacial score (nSPS) is 10.7. The number of amides is 1. The highest BCUT2D eigenvalue weighted by Gasteiger charge is 2.21. The molecule has 0 unspecified atom stereocenters. The van der Waals surface area contributed by atoms with Crippen LogP contribution in [0, 0.1) is 13.8 Å². The zero-order valence-corrected chi connectivity index (χ0v) is 16.7. The first-order valence-corrected chi connectivity index (χ1v) is 9.19. The van der Waals surface area contributed by atoms with Crippen LogP contribution in [0.4, 0.5) is 5.69 Å². The van der Waals surface area contributed by atoms with Crippen molar-refractivity contribution >= 4 is 39.1 Å². The van der Waals surface area contributed by atoms with E-state index in [4.69, 9.17) is 9.47 Å². The average Bonchev–Trinajstić information content (AvgIpc) is 3.00. The number of nitrogens with zero attached hydrogens (tertiary/aromatic N) is 2. The van der Waals surface area contributed by atoms with Crippen LogP contribution < -0.4 is 15.6 Å². The van der Waals surface area contributed by atoms with Crippen molar-refractivity contribution in [3.63, 3.8) is 0 Å². The SMILES string of the molecule is COc1ccc(C)cc1NC(=O)COC(=O)c1sc2ncn(C)c(=O)c2c1C. The van der Waals surface area contributed by atoms with Crippen LogP contribution in [0.3, 0.4) is 0 Å². The Morgan fingerprint density at radius 1 is 1.29 bits per heavy atom. The van der Waals surface area contributed by atoms with Crippen LogP contribution in [-0.4, -0.2) is 35.1 Å². The van der Waals surface area contributed by atoms with Gasteiger partial charge in [0.1, 0.15) is 15.5 Å². The first kappa shape index (κ1) is 19.6. The molecule has 0 radical (unpaired) electrons. The van der Waals surface area contributed by atoms with E-state index in [9.17, 15) is 14.4 Å². The molecule has 0 bridgehead atoms. The number of hydrogen-bond donors (Lipinski definition) is 1. The van der Waals surface area contributed by atoms with E-state index in [-0.39, 0.29) is 10.4 Å². The van der Waals surface area contributed by atoms with Crippen LogP contribution in [0.25, 0.3) is 10.2 Å². The maximum atomic E-state index is 12.4. The van der Waals surface area contributed by atoms with Crippen molar-refractivity contribution < 1.29 is 19.1 Å². The fraction of sp³-hybridized carbons (Fsp3) is 0.263. The average molecular weight is 401 g/mol. The van der Waals surface area contributed by atoms with Crippen LogP contribution >= 0.6 is 11.3 Å². The highest BCUT2D eigenvalue weighted by atomic mass is 32.1. The van der Waals surface area contributed by atoms with Gasteiger partial charge in [0, 0.05) is 7.05 Å². The van der Waals surface area contributed by atoms with Gasteiger partial charge in [0.05, 0.1) is 24.5 Å². The second kappa shape index (κ2) is 7.81. The molecule has 0 saturated heterocycles. The van der Waals surface area contributed by atoms with Gasteiger partial charge in [0.2, 0.25) is 0 Å². The van der Waals surface area contributed by atoms with E-state index in [0.29, 0.717) is 27.2 Å². The summed E-state index contributed by atoms with van der Waals surface area (Å²) in [6.07, 6.45) is 1.40. The molecule has 9 heteroatoms. The molecule has 0 aliphatic rings. The zero-order chi connectivity index (χ0) is 20.4. The molecular weight excluding hydrogens is 382 g/mol. The third kappa shape index (κ3) is 3.74. The van der Waals surface area contributed by atoms with Crippen molar-refractivity contribution in [2.75, 3.05) is 19.0 Å². The number of methoxy groups -OCH3 is 1. The first-order valence-electron chi connectivity index (χ1n) is 8.38. The van der Waals surface area contributed by atoms with E-state index in [1.807, 2.05) is 13.0 Å². The number of anilines is 1. The van der Waals surface area contributed by atoms with Gasteiger partial charge < -0.3 is 19.4 Å². The van der Waals surface area contributed by atoms with Crippen molar-refractivity contribution in [2.45, 2.75) is 13.8 Å². The van der Waals surface area contributed by atoms with Gasteiger partial charge in [-0.05, 0) is 37.1 Å². The number of aryl methyl sites for hydroxylation is 3. The van der Waals surface area contributed by atoms with Crippen molar-refractivity contribution in [3.05, 3.63) is 50.9 Å². The lowest BCUT2D eigenvalue weighted by Gasteiger charge is -2.11. The van der Waals surface area contributed by atoms with Crippen LogP contribution in [0.2, 0.25) is 0 Å². The molecule has 0 fully saturated rings. The number of nitrogens with one attached hydrogen (secondary N) is 1. The molecule has 2 heterocycles. The molecule has 3 aromatic rings. The second-order valence-corrected chi connectivity index (χ2v) is 7.22. The number of aromatic nitrogens is 2. The van der Waals surface area contributed by atoms with Gasteiger partial charge in [-0.15, -0.1) is 11.3 Å². The number of fused-ring (bicyclic) bond motifs is 1. The monoisotopic (exact) mass is 401 g/mol. The zero-order valence-electron chi connectivity index (χ0n) is 15.9. The van der Waals surface area contributed by atoms with E-state index < -0.39 is 18.5 Å². The molecule has 1 amide bonds. The molecule has 2 aromatic heterocycles. The molecule has 0 spiro atoms. The van der Waals surface area contributed by atoms with E-state index in [0.717, 1.165) is 16.9 Å². The number of ether oxygens (including phenoxy) is 2. The van der Waals surface area contributed by atoms with E-state index >= 15 is 0 Å². The molecule has 28 heavy (non-hydrogen) atoms. The molecule has 1 aromatic carbocycles. The Balaban J connectivity index is 1.72. The van der Waals surface area contributed by atoms with E-state index in [1.54, 1.807) is 26.1 Å². The molecule has 1 N–H and O–H groups in total. The third-order valence-electron chi connectivity index (χ3n) is 4.16. The summed E-state index contributed by atoms with van der Waals surface area (Å²) in [6.45, 7) is 3.09. The smallest absolute Gasteiger partial charge is 0.349 e.